The van der Waals surface area contributed by atoms with E-state index in [1.165, 1.54) is 30.6 Å². The molecule has 5 aliphatic heterocycles. The predicted molar refractivity (Wildman–Crippen MR) is 266 cm³/mol. The maximum absolute atomic E-state index is 14.4. The molecule has 69 heavy (non-hydrogen) atoms. The first-order valence-electron chi connectivity index (χ1n) is 25.8. The number of terminal acetylenes is 1. The molecule has 1 aromatic heterocycles. The van der Waals surface area contributed by atoms with Crippen molar-refractivity contribution in [3.63, 3.8) is 0 Å². The van der Waals surface area contributed by atoms with Gasteiger partial charge in [-0.3, -0.25) is 19.3 Å². The Labute approximate surface area is 407 Å². The summed E-state index contributed by atoms with van der Waals surface area (Å²) in [4.78, 5) is 54.4. The Morgan fingerprint density at radius 1 is 0.797 bits per heavy atom. The number of piperidine rings is 2. The largest absolute Gasteiger partial charge is 0.507 e. The second kappa shape index (κ2) is 19.5. The molecular weight excluding hydrogens is 869 g/mol. The van der Waals surface area contributed by atoms with Crippen molar-refractivity contribution in [3.8, 4) is 29.4 Å². The number of aromatic nitrogens is 2. The van der Waals surface area contributed by atoms with Gasteiger partial charge in [0.1, 0.15) is 17.8 Å². The highest BCUT2D eigenvalue weighted by molar-refractivity contribution is 5.94. The number of fused-ring (bicyclic) bond motifs is 3. The van der Waals surface area contributed by atoms with Gasteiger partial charge in [-0.15, -0.1) is 16.6 Å². The Balaban J connectivity index is 0.665. The summed E-state index contributed by atoms with van der Waals surface area (Å²) in [5.74, 6) is 2.82. The first-order valence-corrected chi connectivity index (χ1v) is 25.8. The van der Waals surface area contributed by atoms with Crippen LogP contribution in [0.25, 0.3) is 11.3 Å². The summed E-state index contributed by atoms with van der Waals surface area (Å²) in [6.07, 6.45) is 14.8. The number of β-amino-alcohol motifs (C(OH)–C–C–N with tert-alkyl or cyclic N) is 1. The number of amides is 3. The molecule has 15 nitrogen and oxygen atoms in total. The highest BCUT2D eigenvalue weighted by atomic mass is 16.3. The normalized spacial score (nSPS) is 27.3. The smallest absolute Gasteiger partial charge is 0.246 e. The zero-order valence-corrected chi connectivity index (χ0v) is 40.8. The van der Waals surface area contributed by atoms with Gasteiger partial charge in [0.05, 0.1) is 29.1 Å². The standard InChI is InChI=1S/C54H72N10O5/c1-5-35-10-14-37(15-11-35)54(22-23-54)57-51(68)46-30-42(65)34-64(46)52(69)48(53(2,3)4)56-50(67)36-12-16-38(17-13-36)60-24-18-39(19-25-60)61-26-20-40(21-27-61)62-28-29-63-41(33-62)32-55-49-45(63)31-44(58-59-49)43-8-6-7-9-47(43)66/h1,6-11,14-15,31,36,38-42,46,48,65-66H,12-13,16-30,32-34H2,2-4H3,(H,55,59)(H,56,67)(H,57,68)/t36?,38?,41-,42+,46-,48+/m0/s1. The van der Waals surface area contributed by atoms with Gasteiger partial charge < -0.3 is 45.8 Å². The second-order valence-corrected chi connectivity index (χ2v) is 22.2. The SMILES string of the molecule is C#Cc1ccc(C2(NC(=O)[C@@H]3C[C@@H](O)CN3C(=O)[C@@H](NC(=O)C3CCC(N4CCC(N5CCC(N6CCN7c8cc(-c9ccccc9O)nnc8NC[C@H]7C6)CC5)CC4)CC3)C(C)(C)C)CC2)cc1. The number of carbonyl (C=O) groups is 3. The van der Waals surface area contributed by atoms with Crippen LogP contribution in [0.1, 0.15) is 103 Å². The number of rotatable bonds is 10. The highest BCUT2D eigenvalue weighted by Gasteiger charge is 2.50. The third-order valence-electron chi connectivity index (χ3n) is 16.9. The molecule has 2 aromatic carbocycles. The Kier molecular flexibility index (Phi) is 13.4. The van der Waals surface area contributed by atoms with E-state index >= 15 is 0 Å². The van der Waals surface area contributed by atoms with E-state index in [0.717, 1.165) is 114 Å². The molecule has 5 N–H and O–H groups in total. The van der Waals surface area contributed by atoms with Gasteiger partial charge in [-0.1, -0.05) is 51.0 Å². The van der Waals surface area contributed by atoms with Crippen molar-refractivity contribution in [2.75, 3.05) is 69.1 Å². The number of para-hydroxylation sites is 1. The molecular formula is C54H72N10O5. The molecule has 6 fully saturated rings. The molecule has 6 heterocycles. The van der Waals surface area contributed by atoms with Crippen molar-refractivity contribution in [2.24, 2.45) is 11.3 Å². The third-order valence-corrected chi connectivity index (χ3v) is 16.9. The molecule has 0 spiro atoms. The molecule has 15 heteroatoms. The van der Waals surface area contributed by atoms with E-state index in [1.807, 2.05) is 63.2 Å². The van der Waals surface area contributed by atoms with E-state index in [4.69, 9.17) is 6.42 Å². The molecule has 10 rings (SSSR count). The lowest BCUT2D eigenvalue weighted by Crippen LogP contribution is -2.61. The summed E-state index contributed by atoms with van der Waals surface area (Å²) in [5.41, 5.74) is 3.10. The number of hydrogen-bond acceptors (Lipinski definition) is 12. The number of carbonyl (C=O) groups excluding carboxylic acids is 3. The lowest BCUT2D eigenvalue weighted by molar-refractivity contribution is -0.145. The van der Waals surface area contributed by atoms with Gasteiger partial charge >= 0.3 is 0 Å². The van der Waals surface area contributed by atoms with Crippen LogP contribution in [0.3, 0.4) is 0 Å². The van der Waals surface area contributed by atoms with E-state index in [-0.39, 0.29) is 42.4 Å². The van der Waals surface area contributed by atoms with E-state index in [0.29, 0.717) is 35.4 Å². The van der Waals surface area contributed by atoms with Crippen LogP contribution in [0.4, 0.5) is 11.5 Å². The van der Waals surface area contributed by atoms with Crippen molar-refractivity contribution >= 4 is 29.2 Å². The fraction of sp³-hybridized carbons (Fsp3) is 0.611. The molecule has 3 amide bonds. The Hall–Kier alpha value is -5.27. The van der Waals surface area contributed by atoms with Crippen LogP contribution >= 0.6 is 0 Å². The summed E-state index contributed by atoms with van der Waals surface area (Å²) < 4.78 is 0. The lowest BCUT2D eigenvalue weighted by Gasteiger charge is -2.50. The number of phenolic OH excluding ortho intramolecular Hbond substituents is 1. The van der Waals surface area contributed by atoms with Crippen molar-refractivity contribution in [2.45, 2.75) is 139 Å². The molecule has 2 saturated carbocycles. The number of likely N-dealkylation sites (tertiary alicyclic amines) is 3. The number of aliphatic hydroxyl groups excluding tert-OH is 1. The average Bonchev–Trinajstić information content (AvgIpc) is 4.05. The van der Waals surface area contributed by atoms with E-state index in [2.05, 4.69) is 57.7 Å². The molecule has 0 bridgehead atoms. The summed E-state index contributed by atoms with van der Waals surface area (Å²) in [5, 5.41) is 40.1. The Morgan fingerprint density at radius 3 is 2.09 bits per heavy atom. The second-order valence-electron chi connectivity index (χ2n) is 22.2. The fourth-order valence-corrected chi connectivity index (χ4v) is 12.6. The van der Waals surface area contributed by atoms with Gasteiger partial charge in [0.15, 0.2) is 5.82 Å². The van der Waals surface area contributed by atoms with Gasteiger partial charge in [-0.25, -0.2) is 0 Å². The zero-order valence-electron chi connectivity index (χ0n) is 40.8. The first kappa shape index (κ1) is 47.4. The summed E-state index contributed by atoms with van der Waals surface area (Å²) in [6.45, 7) is 14.2. The van der Waals surface area contributed by atoms with Crippen molar-refractivity contribution in [1.29, 1.82) is 0 Å². The van der Waals surface area contributed by atoms with E-state index in [9.17, 15) is 24.6 Å². The maximum Gasteiger partial charge on any atom is 0.246 e. The molecule has 2 aliphatic carbocycles. The van der Waals surface area contributed by atoms with Crippen LogP contribution in [-0.4, -0.2) is 159 Å². The van der Waals surface area contributed by atoms with E-state index < -0.39 is 29.1 Å². The zero-order chi connectivity index (χ0) is 48.0. The number of benzene rings is 2. The molecule has 7 aliphatic rings. The molecule has 0 unspecified atom stereocenters. The molecule has 4 saturated heterocycles. The van der Waals surface area contributed by atoms with Crippen LogP contribution in [0, 0.1) is 23.7 Å². The van der Waals surface area contributed by atoms with Gasteiger partial charge in [-0.2, -0.15) is 0 Å². The van der Waals surface area contributed by atoms with Crippen LogP contribution < -0.4 is 20.9 Å². The number of aliphatic hydroxyl groups is 1. The number of phenols is 1. The predicted octanol–water partition coefficient (Wildman–Crippen LogP) is 4.53. The summed E-state index contributed by atoms with van der Waals surface area (Å²) in [7, 11) is 0. The van der Waals surface area contributed by atoms with Gasteiger partial charge in [0, 0.05) is 74.3 Å². The van der Waals surface area contributed by atoms with Crippen molar-refractivity contribution in [3.05, 3.63) is 65.7 Å². The maximum atomic E-state index is 14.4. The number of anilines is 2. The monoisotopic (exact) mass is 941 g/mol. The number of hydrogen-bond donors (Lipinski definition) is 5. The average molecular weight is 941 g/mol. The first-order chi connectivity index (χ1) is 33.3. The van der Waals surface area contributed by atoms with Crippen LogP contribution in [0.15, 0.2) is 54.6 Å². The molecule has 368 valence electrons. The van der Waals surface area contributed by atoms with Crippen molar-refractivity contribution < 1.29 is 24.6 Å². The quantitative estimate of drug-likeness (QED) is 0.181. The molecule has 3 aromatic rings. The minimum absolute atomic E-state index is 0.0537. The van der Waals surface area contributed by atoms with Crippen molar-refractivity contribution in [1.82, 2.24) is 40.4 Å². The molecule has 0 radical (unpaired) electrons. The number of nitrogens with one attached hydrogen (secondary N) is 3. The summed E-state index contributed by atoms with van der Waals surface area (Å²) >= 11 is 0. The summed E-state index contributed by atoms with van der Waals surface area (Å²) in [6, 6.07) is 17.4. The van der Waals surface area contributed by atoms with Crippen LogP contribution in [-0.2, 0) is 19.9 Å². The van der Waals surface area contributed by atoms with Gasteiger partial charge in [0.2, 0.25) is 17.7 Å². The van der Waals surface area contributed by atoms with Crippen LogP contribution in [0.5, 0.6) is 5.75 Å². The number of nitrogens with zero attached hydrogens (tertiary/aromatic N) is 7. The molecule has 4 atom stereocenters. The third kappa shape index (κ3) is 9.92. The van der Waals surface area contributed by atoms with Crippen LogP contribution in [0.2, 0.25) is 0 Å². The number of aromatic hydroxyl groups is 1. The topological polar surface area (TPSA) is 170 Å². The highest BCUT2D eigenvalue weighted by Crippen LogP contribution is 2.46. The Morgan fingerprint density at radius 2 is 1.45 bits per heavy atom. The fourth-order valence-electron chi connectivity index (χ4n) is 12.6. The van der Waals surface area contributed by atoms with E-state index in [1.54, 1.807) is 6.07 Å². The number of piperazine rings is 1. The Bertz CT molecular complexity index is 2390. The van der Waals surface area contributed by atoms with Gasteiger partial charge in [0.25, 0.3) is 0 Å². The minimum Gasteiger partial charge on any atom is -0.507 e. The lowest BCUT2D eigenvalue weighted by atomic mass is 9.82. The van der Waals surface area contributed by atoms with Gasteiger partial charge in [-0.05, 0) is 132 Å². The minimum atomic E-state index is -0.835.